The van der Waals surface area contributed by atoms with Gasteiger partial charge in [-0.1, -0.05) is 11.6 Å². The number of benzene rings is 1. The predicted molar refractivity (Wildman–Crippen MR) is 87.1 cm³/mol. The third kappa shape index (κ3) is 3.72. The third-order valence-corrected chi connectivity index (χ3v) is 4.32. The quantitative estimate of drug-likeness (QED) is 0.576. The van der Waals surface area contributed by atoms with Crippen molar-refractivity contribution in [2.24, 2.45) is 7.05 Å². The van der Waals surface area contributed by atoms with Crippen molar-refractivity contribution in [1.82, 2.24) is 9.13 Å². The average Bonchev–Trinajstić information content (AvgIpc) is 3.28. The summed E-state index contributed by atoms with van der Waals surface area (Å²) in [6, 6.07) is 2.01. The normalized spacial score (nSPS) is 19.2. The molecule has 1 aromatic carbocycles. The highest BCUT2D eigenvalue weighted by Crippen LogP contribution is 2.33. The fourth-order valence-electron chi connectivity index (χ4n) is 2.36. The summed E-state index contributed by atoms with van der Waals surface area (Å²) < 4.78 is 64.2. The number of nitrogens with zero attached hydrogens (tertiary/aromatic N) is 2. The molecular weight excluding hydrogens is 396 g/mol. The maximum Gasteiger partial charge on any atom is 0.431 e. The van der Waals surface area contributed by atoms with Crippen molar-refractivity contribution in [2.45, 2.75) is 18.7 Å². The molecule has 0 aliphatic carbocycles. The Kier molecular flexibility index (Phi) is 4.59. The molecule has 2 aromatic rings. The van der Waals surface area contributed by atoms with E-state index in [1.54, 1.807) is 6.92 Å². The molecule has 0 amide bonds. The highest BCUT2D eigenvalue weighted by Gasteiger charge is 2.40. The fourth-order valence-corrected chi connectivity index (χ4v) is 2.56. The largest absolute Gasteiger partial charge is 0.489 e. The summed E-state index contributed by atoms with van der Waals surface area (Å²) >= 11 is 5.91. The first-order chi connectivity index (χ1) is 12.4. The van der Waals surface area contributed by atoms with Gasteiger partial charge in [0.1, 0.15) is 29.5 Å². The molecule has 0 radical (unpaired) electrons. The summed E-state index contributed by atoms with van der Waals surface area (Å²) in [6.07, 6.45) is -4.92. The van der Waals surface area contributed by atoms with Gasteiger partial charge in [-0.05, 0) is 13.0 Å². The zero-order chi connectivity index (χ0) is 20.1. The van der Waals surface area contributed by atoms with Crippen LogP contribution in [0.5, 0.6) is 5.75 Å². The maximum atomic E-state index is 14.3. The van der Waals surface area contributed by atoms with Crippen LogP contribution in [0.4, 0.5) is 17.6 Å². The minimum absolute atomic E-state index is 0.0429. The monoisotopic (exact) mass is 408 g/mol. The molecule has 0 bridgehead atoms. The summed E-state index contributed by atoms with van der Waals surface area (Å²) in [5.74, 6) is -1.11. The summed E-state index contributed by atoms with van der Waals surface area (Å²) in [5.41, 5.74) is -5.23. The molecule has 2 heterocycles. The summed E-state index contributed by atoms with van der Waals surface area (Å²) in [7, 11) is 0.831. The average molecular weight is 409 g/mol. The van der Waals surface area contributed by atoms with Gasteiger partial charge in [0, 0.05) is 19.2 Å². The maximum absolute atomic E-state index is 14.3. The molecule has 1 atom stereocenters. The van der Waals surface area contributed by atoms with Crippen LogP contribution >= 0.6 is 11.6 Å². The van der Waals surface area contributed by atoms with Gasteiger partial charge in [-0.25, -0.2) is 13.8 Å². The Labute approximate surface area is 154 Å². The molecule has 3 rings (SSSR count). The van der Waals surface area contributed by atoms with Crippen molar-refractivity contribution >= 4 is 11.6 Å². The lowest BCUT2D eigenvalue weighted by atomic mass is 10.2. The van der Waals surface area contributed by atoms with E-state index in [0.29, 0.717) is 6.61 Å². The second-order valence-corrected chi connectivity index (χ2v) is 6.71. The van der Waals surface area contributed by atoms with Gasteiger partial charge >= 0.3 is 11.9 Å². The van der Waals surface area contributed by atoms with E-state index in [0.717, 1.165) is 19.2 Å². The Morgan fingerprint density at radius 1 is 1.30 bits per heavy atom. The van der Waals surface area contributed by atoms with Crippen LogP contribution in [0.15, 0.2) is 27.8 Å². The number of aromatic nitrogens is 2. The fraction of sp³-hybridized carbons (Fsp3) is 0.375. The minimum atomic E-state index is -4.92. The molecule has 1 unspecified atom stereocenters. The first kappa shape index (κ1) is 19.4. The van der Waals surface area contributed by atoms with Crippen LogP contribution in [0, 0.1) is 5.82 Å². The van der Waals surface area contributed by atoms with Gasteiger partial charge < -0.3 is 9.47 Å². The third-order valence-electron chi connectivity index (χ3n) is 4.02. The minimum Gasteiger partial charge on any atom is -0.489 e. The van der Waals surface area contributed by atoms with Crippen LogP contribution in [0.25, 0.3) is 5.69 Å². The number of hydrogen-bond acceptors (Lipinski definition) is 4. The molecule has 11 heteroatoms. The number of hydrogen-bond donors (Lipinski definition) is 0. The van der Waals surface area contributed by atoms with E-state index >= 15 is 0 Å². The number of rotatable bonds is 4. The van der Waals surface area contributed by atoms with Crippen molar-refractivity contribution in [3.05, 3.63) is 55.6 Å². The number of epoxide rings is 1. The lowest BCUT2D eigenvalue weighted by Gasteiger charge is -2.16. The Morgan fingerprint density at radius 2 is 1.93 bits per heavy atom. The zero-order valence-electron chi connectivity index (χ0n) is 14.1. The summed E-state index contributed by atoms with van der Waals surface area (Å²) in [4.78, 5) is 24.4. The molecule has 1 saturated heterocycles. The molecule has 0 saturated carbocycles. The molecule has 1 aliphatic rings. The van der Waals surface area contributed by atoms with Gasteiger partial charge in [0.2, 0.25) is 0 Å². The van der Waals surface area contributed by atoms with Crippen LogP contribution in [0.1, 0.15) is 12.6 Å². The van der Waals surface area contributed by atoms with E-state index in [2.05, 4.69) is 0 Å². The van der Waals surface area contributed by atoms with Gasteiger partial charge in [-0.2, -0.15) is 13.2 Å². The number of halogens is 5. The van der Waals surface area contributed by atoms with Crippen molar-refractivity contribution in [1.29, 1.82) is 0 Å². The molecule has 1 aromatic heterocycles. The first-order valence-electron chi connectivity index (χ1n) is 7.59. The molecular formula is C16H13ClF4N2O4. The van der Waals surface area contributed by atoms with Crippen LogP contribution < -0.4 is 16.0 Å². The smallest absolute Gasteiger partial charge is 0.431 e. The van der Waals surface area contributed by atoms with Gasteiger partial charge in [0.15, 0.2) is 0 Å². The lowest BCUT2D eigenvalue weighted by molar-refractivity contribution is -0.144. The van der Waals surface area contributed by atoms with Gasteiger partial charge in [-0.3, -0.25) is 9.36 Å². The van der Waals surface area contributed by atoms with E-state index in [1.165, 1.54) is 0 Å². The second-order valence-electron chi connectivity index (χ2n) is 6.30. The number of ether oxygens (including phenoxy) is 2. The van der Waals surface area contributed by atoms with E-state index in [1.807, 2.05) is 0 Å². The highest BCUT2D eigenvalue weighted by molar-refractivity contribution is 6.32. The molecule has 1 fully saturated rings. The van der Waals surface area contributed by atoms with Crippen LogP contribution in [-0.2, 0) is 18.0 Å². The van der Waals surface area contributed by atoms with Gasteiger partial charge in [0.05, 0.1) is 17.3 Å². The van der Waals surface area contributed by atoms with Crippen LogP contribution in [0.3, 0.4) is 0 Å². The van der Waals surface area contributed by atoms with E-state index in [4.69, 9.17) is 21.1 Å². The van der Waals surface area contributed by atoms with Crippen molar-refractivity contribution in [3.63, 3.8) is 0 Å². The summed E-state index contributed by atoms with van der Waals surface area (Å²) in [5, 5.41) is -0.128. The van der Waals surface area contributed by atoms with Gasteiger partial charge in [-0.15, -0.1) is 0 Å². The second kappa shape index (κ2) is 6.38. The molecule has 27 heavy (non-hydrogen) atoms. The zero-order valence-corrected chi connectivity index (χ0v) is 14.8. The lowest BCUT2D eigenvalue weighted by Crippen LogP contribution is -2.41. The summed E-state index contributed by atoms with van der Waals surface area (Å²) in [6.45, 7) is 2.30. The van der Waals surface area contributed by atoms with Crippen molar-refractivity contribution in [3.8, 4) is 11.4 Å². The van der Waals surface area contributed by atoms with Crippen molar-refractivity contribution < 1.29 is 27.0 Å². The SMILES string of the molecule is Cn1c(C(F)(F)F)cc(=O)n(-c2cc(OCC3(C)CO3)c(Cl)cc2F)c1=O. The molecule has 0 N–H and O–H groups in total. The van der Waals surface area contributed by atoms with E-state index in [-0.39, 0.29) is 32.6 Å². The Morgan fingerprint density at radius 3 is 2.48 bits per heavy atom. The number of alkyl halides is 3. The Bertz CT molecular complexity index is 1020. The van der Waals surface area contributed by atoms with E-state index < -0.39 is 40.2 Å². The highest BCUT2D eigenvalue weighted by atomic mass is 35.5. The molecule has 0 spiro atoms. The standard InChI is InChI=1S/C16H13ClF4N2O4/c1-15(7-27-15)6-26-11-4-10(9(18)3-8(11)17)23-13(24)5-12(16(19,20)21)22(2)14(23)25/h3-5H,6-7H2,1-2H3. The molecule has 146 valence electrons. The van der Waals surface area contributed by atoms with Crippen molar-refractivity contribution in [2.75, 3.05) is 13.2 Å². The van der Waals surface area contributed by atoms with Crippen LogP contribution in [0.2, 0.25) is 5.02 Å². The first-order valence-corrected chi connectivity index (χ1v) is 7.97. The van der Waals surface area contributed by atoms with Crippen LogP contribution in [-0.4, -0.2) is 27.9 Å². The predicted octanol–water partition coefficient (Wildman–Crippen LogP) is 2.52. The Balaban J connectivity index is 2.12. The molecule has 1 aliphatic heterocycles. The topological polar surface area (TPSA) is 65.8 Å². The van der Waals surface area contributed by atoms with E-state index in [9.17, 15) is 27.2 Å². The van der Waals surface area contributed by atoms with Gasteiger partial charge in [0.25, 0.3) is 5.56 Å². The Hall–Kier alpha value is -2.33. The molecule has 6 nitrogen and oxygen atoms in total.